The summed E-state index contributed by atoms with van der Waals surface area (Å²) in [5.74, 6) is 0.355. The molecule has 5 nitrogen and oxygen atoms in total. The molecular formula is C20H20N4O. The molecule has 0 radical (unpaired) electrons. The fourth-order valence-electron chi connectivity index (χ4n) is 2.28. The van der Waals surface area contributed by atoms with Gasteiger partial charge in [0.15, 0.2) is 11.5 Å². The summed E-state index contributed by atoms with van der Waals surface area (Å²) in [5.41, 5.74) is 4.65. The minimum atomic E-state index is -0.241. The number of hydrogen-bond acceptors (Lipinski definition) is 4. The molecule has 0 saturated carbocycles. The molecular weight excluding hydrogens is 312 g/mol. The largest absolute Gasteiger partial charge is 0.347 e. The highest BCUT2D eigenvalue weighted by atomic mass is 16.1. The highest BCUT2D eigenvalue weighted by Crippen LogP contribution is 2.14. The maximum absolute atomic E-state index is 12.2. The molecule has 126 valence electrons. The van der Waals surface area contributed by atoms with Gasteiger partial charge in [0.25, 0.3) is 5.91 Å². The smallest absolute Gasteiger partial charge is 0.272 e. The molecule has 0 saturated heterocycles. The molecule has 0 aliphatic rings. The van der Waals surface area contributed by atoms with Crippen molar-refractivity contribution in [1.82, 2.24) is 15.5 Å². The molecule has 1 aromatic heterocycles. The standard InChI is InChI=1S/C20H20N4O/c1-14-3-7-16(8-4-14)13-21-20(25)18-11-12-19(24-23-18)22-17-9-5-15(2)6-10-17/h3-12H,13H2,1-2H3,(H,21,25)(H,22,24). The fourth-order valence-corrected chi connectivity index (χ4v) is 2.28. The van der Waals surface area contributed by atoms with E-state index < -0.39 is 0 Å². The van der Waals surface area contributed by atoms with Gasteiger partial charge in [-0.2, -0.15) is 0 Å². The van der Waals surface area contributed by atoms with E-state index in [1.807, 2.05) is 62.4 Å². The van der Waals surface area contributed by atoms with Crippen LogP contribution in [0.5, 0.6) is 0 Å². The van der Waals surface area contributed by atoms with Gasteiger partial charge >= 0.3 is 0 Å². The molecule has 0 unspecified atom stereocenters. The first-order chi connectivity index (χ1) is 12.1. The monoisotopic (exact) mass is 332 g/mol. The van der Waals surface area contributed by atoms with Gasteiger partial charge in [-0.3, -0.25) is 4.79 Å². The van der Waals surface area contributed by atoms with Crippen molar-refractivity contribution in [2.24, 2.45) is 0 Å². The lowest BCUT2D eigenvalue weighted by atomic mass is 10.1. The normalized spacial score (nSPS) is 10.3. The molecule has 0 fully saturated rings. The molecule has 0 bridgehead atoms. The molecule has 0 aliphatic heterocycles. The lowest BCUT2D eigenvalue weighted by molar-refractivity contribution is 0.0945. The van der Waals surface area contributed by atoms with Gasteiger partial charge in [0.2, 0.25) is 0 Å². The number of aryl methyl sites for hydroxylation is 2. The number of rotatable bonds is 5. The molecule has 0 atom stereocenters. The zero-order chi connectivity index (χ0) is 17.6. The summed E-state index contributed by atoms with van der Waals surface area (Å²) in [6, 6.07) is 19.4. The zero-order valence-electron chi connectivity index (χ0n) is 14.3. The van der Waals surface area contributed by atoms with E-state index in [4.69, 9.17) is 0 Å². The maximum Gasteiger partial charge on any atom is 0.272 e. The number of amides is 1. The Morgan fingerprint density at radius 3 is 2.08 bits per heavy atom. The van der Waals surface area contributed by atoms with Crippen LogP contribution in [0.15, 0.2) is 60.7 Å². The lowest BCUT2D eigenvalue weighted by Crippen LogP contribution is -2.24. The summed E-state index contributed by atoms with van der Waals surface area (Å²) in [4.78, 5) is 12.2. The minimum Gasteiger partial charge on any atom is -0.347 e. The van der Waals surface area contributed by atoms with E-state index in [-0.39, 0.29) is 5.91 Å². The highest BCUT2D eigenvalue weighted by molar-refractivity contribution is 5.92. The molecule has 1 amide bonds. The van der Waals surface area contributed by atoms with Crippen LogP contribution in [-0.2, 0) is 6.54 Å². The number of hydrogen-bond donors (Lipinski definition) is 2. The summed E-state index contributed by atoms with van der Waals surface area (Å²) < 4.78 is 0. The van der Waals surface area contributed by atoms with E-state index in [9.17, 15) is 4.79 Å². The first kappa shape index (κ1) is 16.6. The summed E-state index contributed by atoms with van der Waals surface area (Å²) in [6.07, 6.45) is 0. The van der Waals surface area contributed by atoms with Crippen molar-refractivity contribution < 1.29 is 4.79 Å². The van der Waals surface area contributed by atoms with Crippen LogP contribution in [0.4, 0.5) is 11.5 Å². The average molecular weight is 332 g/mol. The number of benzene rings is 2. The van der Waals surface area contributed by atoms with E-state index in [2.05, 4.69) is 20.8 Å². The van der Waals surface area contributed by atoms with Gasteiger partial charge in [0, 0.05) is 12.2 Å². The second kappa shape index (κ2) is 7.57. The number of nitrogens with one attached hydrogen (secondary N) is 2. The predicted octanol–water partition coefficient (Wildman–Crippen LogP) is 3.77. The second-order valence-electron chi connectivity index (χ2n) is 5.96. The Morgan fingerprint density at radius 2 is 1.48 bits per heavy atom. The van der Waals surface area contributed by atoms with Gasteiger partial charge in [-0.1, -0.05) is 47.5 Å². The molecule has 0 spiro atoms. The molecule has 5 heteroatoms. The van der Waals surface area contributed by atoms with Crippen LogP contribution in [-0.4, -0.2) is 16.1 Å². The van der Waals surface area contributed by atoms with Crippen molar-refractivity contribution in [3.8, 4) is 0 Å². The Labute approximate surface area is 147 Å². The van der Waals surface area contributed by atoms with Gasteiger partial charge in [0.05, 0.1) is 0 Å². The number of nitrogens with zero attached hydrogens (tertiary/aromatic N) is 2. The molecule has 1 heterocycles. The van der Waals surface area contributed by atoms with Gasteiger partial charge in [-0.05, 0) is 43.7 Å². The summed E-state index contributed by atoms with van der Waals surface area (Å²) in [7, 11) is 0. The van der Waals surface area contributed by atoms with Crippen LogP contribution in [0.3, 0.4) is 0 Å². The maximum atomic E-state index is 12.2. The third kappa shape index (κ3) is 4.64. The number of aromatic nitrogens is 2. The van der Waals surface area contributed by atoms with E-state index in [1.165, 1.54) is 11.1 Å². The third-order valence-corrected chi connectivity index (χ3v) is 3.79. The SMILES string of the molecule is Cc1ccc(CNC(=O)c2ccc(Nc3ccc(C)cc3)nn2)cc1. The van der Waals surface area contributed by atoms with Crippen LogP contribution in [0.1, 0.15) is 27.2 Å². The van der Waals surface area contributed by atoms with E-state index in [0.29, 0.717) is 18.1 Å². The predicted molar refractivity (Wildman–Crippen MR) is 98.8 cm³/mol. The fraction of sp³-hybridized carbons (Fsp3) is 0.150. The van der Waals surface area contributed by atoms with E-state index >= 15 is 0 Å². The molecule has 2 aromatic carbocycles. The van der Waals surface area contributed by atoms with Crippen molar-refractivity contribution in [2.75, 3.05) is 5.32 Å². The molecule has 25 heavy (non-hydrogen) atoms. The quantitative estimate of drug-likeness (QED) is 0.746. The zero-order valence-corrected chi connectivity index (χ0v) is 14.3. The Balaban J connectivity index is 1.58. The first-order valence-corrected chi connectivity index (χ1v) is 8.11. The average Bonchev–Trinajstić information content (AvgIpc) is 2.63. The van der Waals surface area contributed by atoms with Crippen LogP contribution < -0.4 is 10.6 Å². The number of carbonyl (C=O) groups excluding carboxylic acids is 1. The van der Waals surface area contributed by atoms with Gasteiger partial charge in [-0.15, -0.1) is 10.2 Å². The van der Waals surface area contributed by atoms with Crippen LogP contribution in [0, 0.1) is 13.8 Å². The van der Waals surface area contributed by atoms with Crippen molar-refractivity contribution >= 4 is 17.4 Å². The van der Waals surface area contributed by atoms with E-state index in [1.54, 1.807) is 12.1 Å². The Bertz CT molecular complexity index is 840. The van der Waals surface area contributed by atoms with Crippen molar-refractivity contribution in [3.63, 3.8) is 0 Å². The van der Waals surface area contributed by atoms with Crippen molar-refractivity contribution in [1.29, 1.82) is 0 Å². The number of carbonyl (C=O) groups is 1. The minimum absolute atomic E-state index is 0.241. The first-order valence-electron chi connectivity index (χ1n) is 8.11. The summed E-state index contributed by atoms with van der Waals surface area (Å²) in [6.45, 7) is 4.53. The van der Waals surface area contributed by atoms with Crippen molar-refractivity contribution in [2.45, 2.75) is 20.4 Å². The van der Waals surface area contributed by atoms with Crippen LogP contribution >= 0.6 is 0 Å². The van der Waals surface area contributed by atoms with Gasteiger partial charge in [0.1, 0.15) is 0 Å². The lowest BCUT2D eigenvalue weighted by Gasteiger charge is -2.07. The molecule has 2 N–H and O–H groups in total. The Morgan fingerprint density at radius 1 is 0.840 bits per heavy atom. The van der Waals surface area contributed by atoms with Gasteiger partial charge in [-0.25, -0.2) is 0 Å². The van der Waals surface area contributed by atoms with Crippen molar-refractivity contribution in [3.05, 3.63) is 83.0 Å². The summed E-state index contributed by atoms with van der Waals surface area (Å²) >= 11 is 0. The van der Waals surface area contributed by atoms with Crippen LogP contribution in [0.2, 0.25) is 0 Å². The van der Waals surface area contributed by atoms with E-state index in [0.717, 1.165) is 11.3 Å². The number of anilines is 2. The van der Waals surface area contributed by atoms with Crippen LogP contribution in [0.25, 0.3) is 0 Å². The second-order valence-corrected chi connectivity index (χ2v) is 5.96. The molecule has 0 aliphatic carbocycles. The molecule has 3 rings (SSSR count). The highest BCUT2D eigenvalue weighted by Gasteiger charge is 2.08. The topological polar surface area (TPSA) is 66.9 Å². The summed E-state index contributed by atoms with van der Waals surface area (Å²) in [5, 5.41) is 14.1. The Kier molecular flexibility index (Phi) is 5.04. The third-order valence-electron chi connectivity index (χ3n) is 3.79. The molecule has 3 aromatic rings. The van der Waals surface area contributed by atoms with Gasteiger partial charge < -0.3 is 10.6 Å². The Hall–Kier alpha value is -3.21.